The van der Waals surface area contributed by atoms with Crippen LogP contribution >= 0.6 is 11.6 Å². The zero-order chi connectivity index (χ0) is 13.7. The van der Waals surface area contributed by atoms with Crippen LogP contribution in [0.5, 0.6) is 0 Å². The van der Waals surface area contributed by atoms with Gasteiger partial charge < -0.3 is 15.2 Å². The minimum absolute atomic E-state index is 0.0896. The molecule has 0 spiro atoms. The number of carbonyl (C=O) groups excluding carboxylic acids is 1. The Morgan fingerprint density at radius 2 is 2.17 bits per heavy atom. The van der Waals surface area contributed by atoms with E-state index in [1.165, 1.54) is 13.2 Å². The number of amides is 1. The second kappa shape index (κ2) is 6.37. The van der Waals surface area contributed by atoms with Gasteiger partial charge in [0.05, 0.1) is 6.61 Å². The molecule has 2 N–H and O–H groups in total. The zero-order valence-corrected chi connectivity index (χ0v) is 10.8. The van der Waals surface area contributed by atoms with Gasteiger partial charge in [0.25, 0.3) is 5.91 Å². The van der Waals surface area contributed by atoms with Crippen molar-refractivity contribution < 1.29 is 19.4 Å². The van der Waals surface area contributed by atoms with Gasteiger partial charge in [-0.25, -0.2) is 4.79 Å². The number of hydrogen-bond donors (Lipinski definition) is 2. The standard InChI is InChI=1S/C12H14ClNO4/c1-7-5-8(3-4-9(7)13)11(15)14-10(6-18-2)12(16)17/h3-5,10H,6H2,1-2H3,(H,14,15)(H,16,17). The van der Waals surface area contributed by atoms with Gasteiger partial charge in [0.2, 0.25) is 0 Å². The summed E-state index contributed by atoms with van der Waals surface area (Å²) in [5.41, 5.74) is 1.11. The highest BCUT2D eigenvalue weighted by atomic mass is 35.5. The van der Waals surface area contributed by atoms with E-state index in [4.69, 9.17) is 21.4 Å². The van der Waals surface area contributed by atoms with Crippen LogP contribution in [0.3, 0.4) is 0 Å². The van der Waals surface area contributed by atoms with E-state index in [0.29, 0.717) is 10.6 Å². The number of carboxylic acid groups (broad SMARTS) is 1. The Bertz CT molecular complexity index is 461. The van der Waals surface area contributed by atoms with Gasteiger partial charge in [0.15, 0.2) is 6.04 Å². The molecular weight excluding hydrogens is 258 g/mol. The Labute approximate surface area is 110 Å². The molecule has 1 aromatic carbocycles. The lowest BCUT2D eigenvalue weighted by molar-refractivity contribution is -0.140. The number of aliphatic carboxylic acids is 1. The second-order valence-corrected chi connectivity index (χ2v) is 4.19. The highest BCUT2D eigenvalue weighted by Gasteiger charge is 2.20. The van der Waals surface area contributed by atoms with Crippen LogP contribution in [-0.4, -0.2) is 36.7 Å². The van der Waals surface area contributed by atoms with Crippen LogP contribution in [0, 0.1) is 6.92 Å². The van der Waals surface area contributed by atoms with Crippen LogP contribution in [0.4, 0.5) is 0 Å². The van der Waals surface area contributed by atoms with Crippen LogP contribution in [0.2, 0.25) is 5.02 Å². The molecule has 0 aliphatic carbocycles. The van der Waals surface area contributed by atoms with Crippen molar-refractivity contribution in [3.63, 3.8) is 0 Å². The summed E-state index contributed by atoms with van der Waals surface area (Å²) in [7, 11) is 1.37. The van der Waals surface area contributed by atoms with E-state index in [1.54, 1.807) is 19.1 Å². The third kappa shape index (κ3) is 3.72. The predicted molar refractivity (Wildman–Crippen MR) is 67.0 cm³/mol. The normalized spacial score (nSPS) is 11.9. The van der Waals surface area contributed by atoms with Crippen molar-refractivity contribution in [2.24, 2.45) is 0 Å². The van der Waals surface area contributed by atoms with E-state index in [9.17, 15) is 9.59 Å². The maximum absolute atomic E-state index is 11.8. The van der Waals surface area contributed by atoms with Gasteiger partial charge in [-0.05, 0) is 30.7 Å². The van der Waals surface area contributed by atoms with Gasteiger partial charge in [-0.3, -0.25) is 4.79 Å². The molecule has 18 heavy (non-hydrogen) atoms. The highest BCUT2D eigenvalue weighted by Crippen LogP contribution is 2.16. The second-order valence-electron chi connectivity index (χ2n) is 3.78. The Morgan fingerprint density at radius 1 is 1.50 bits per heavy atom. The van der Waals surface area contributed by atoms with Crippen LogP contribution in [0.1, 0.15) is 15.9 Å². The molecule has 1 rings (SSSR count). The quantitative estimate of drug-likeness (QED) is 0.850. The molecule has 98 valence electrons. The number of ether oxygens (including phenoxy) is 1. The molecule has 1 unspecified atom stereocenters. The fraction of sp³-hybridized carbons (Fsp3) is 0.333. The van der Waals surface area contributed by atoms with Crippen LogP contribution in [0.15, 0.2) is 18.2 Å². The lowest BCUT2D eigenvalue weighted by Crippen LogP contribution is -2.43. The van der Waals surface area contributed by atoms with Crippen molar-refractivity contribution in [1.29, 1.82) is 0 Å². The number of hydrogen-bond acceptors (Lipinski definition) is 3. The maximum Gasteiger partial charge on any atom is 0.328 e. The molecule has 0 aliphatic rings. The average Bonchev–Trinajstić information content (AvgIpc) is 2.31. The van der Waals surface area contributed by atoms with Crippen molar-refractivity contribution >= 4 is 23.5 Å². The summed E-state index contributed by atoms with van der Waals surface area (Å²) >= 11 is 5.85. The van der Waals surface area contributed by atoms with Gasteiger partial charge in [0.1, 0.15) is 0 Å². The number of nitrogens with one attached hydrogen (secondary N) is 1. The zero-order valence-electron chi connectivity index (χ0n) is 10.1. The summed E-state index contributed by atoms with van der Waals surface area (Å²) in [4.78, 5) is 22.7. The first kappa shape index (κ1) is 14.5. The summed E-state index contributed by atoms with van der Waals surface area (Å²) in [6.45, 7) is 1.68. The Morgan fingerprint density at radius 3 is 2.67 bits per heavy atom. The monoisotopic (exact) mass is 271 g/mol. The van der Waals surface area contributed by atoms with Gasteiger partial charge in [-0.2, -0.15) is 0 Å². The SMILES string of the molecule is COCC(NC(=O)c1ccc(Cl)c(C)c1)C(=O)O. The van der Waals surface area contributed by atoms with Crippen molar-refractivity contribution in [2.45, 2.75) is 13.0 Å². The number of carbonyl (C=O) groups is 2. The Kier molecular flexibility index (Phi) is 5.12. The number of methoxy groups -OCH3 is 1. The molecule has 0 saturated carbocycles. The minimum Gasteiger partial charge on any atom is -0.480 e. The molecule has 6 heteroatoms. The molecule has 0 saturated heterocycles. The summed E-state index contributed by atoms with van der Waals surface area (Å²) in [5, 5.41) is 11.8. The van der Waals surface area contributed by atoms with Crippen molar-refractivity contribution in [1.82, 2.24) is 5.32 Å². The molecule has 1 aromatic rings. The highest BCUT2D eigenvalue weighted by molar-refractivity contribution is 6.31. The van der Waals surface area contributed by atoms with Gasteiger partial charge >= 0.3 is 5.97 Å². The lowest BCUT2D eigenvalue weighted by atomic mass is 10.1. The van der Waals surface area contributed by atoms with E-state index in [1.807, 2.05) is 0 Å². The number of rotatable bonds is 5. The fourth-order valence-corrected chi connectivity index (χ4v) is 1.49. The van der Waals surface area contributed by atoms with E-state index >= 15 is 0 Å². The summed E-state index contributed by atoms with van der Waals surface area (Å²) < 4.78 is 4.73. The number of aryl methyl sites for hydroxylation is 1. The molecule has 0 radical (unpaired) electrons. The summed E-state index contributed by atoms with van der Waals surface area (Å²) in [6, 6.07) is 3.66. The Balaban J connectivity index is 2.80. The number of carboxylic acids is 1. The molecule has 0 aromatic heterocycles. The van der Waals surface area contributed by atoms with Gasteiger partial charge in [-0.15, -0.1) is 0 Å². The average molecular weight is 272 g/mol. The Hall–Kier alpha value is -1.59. The molecule has 0 fully saturated rings. The largest absolute Gasteiger partial charge is 0.480 e. The first-order valence-electron chi connectivity index (χ1n) is 5.24. The molecule has 1 atom stereocenters. The molecule has 1 amide bonds. The summed E-state index contributed by atoms with van der Waals surface area (Å²) in [5.74, 6) is -1.62. The van der Waals surface area contributed by atoms with Crippen LogP contribution < -0.4 is 5.32 Å². The van der Waals surface area contributed by atoms with E-state index in [0.717, 1.165) is 5.56 Å². The molecule has 0 bridgehead atoms. The van der Waals surface area contributed by atoms with E-state index in [-0.39, 0.29) is 6.61 Å². The van der Waals surface area contributed by atoms with Crippen molar-refractivity contribution in [3.05, 3.63) is 34.3 Å². The van der Waals surface area contributed by atoms with Crippen molar-refractivity contribution in [2.75, 3.05) is 13.7 Å². The topological polar surface area (TPSA) is 75.6 Å². The predicted octanol–water partition coefficient (Wildman–Crippen LogP) is 1.48. The fourth-order valence-electron chi connectivity index (χ4n) is 1.37. The first-order chi connectivity index (χ1) is 8.45. The molecular formula is C12H14ClNO4. The minimum atomic E-state index is -1.14. The number of halogens is 1. The molecule has 0 aliphatic heterocycles. The smallest absolute Gasteiger partial charge is 0.328 e. The third-order valence-electron chi connectivity index (χ3n) is 2.36. The molecule has 0 heterocycles. The first-order valence-corrected chi connectivity index (χ1v) is 5.62. The maximum atomic E-state index is 11.8. The van der Waals surface area contributed by atoms with Crippen molar-refractivity contribution in [3.8, 4) is 0 Å². The third-order valence-corrected chi connectivity index (χ3v) is 2.78. The number of benzene rings is 1. The summed E-state index contributed by atoms with van der Waals surface area (Å²) in [6.07, 6.45) is 0. The van der Waals surface area contributed by atoms with Crippen LogP contribution in [0.25, 0.3) is 0 Å². The van der Waals surface area contributed by atoms with E-state index in [2.05, 4.69) is 5.32 Å². The van der Waals surface area contributed by atoms with Crippen LogP contribution in [-0.2, 0) is 9.53 Å². The van der Waals surface area contributed by atoms with E-state index < -0.39 is 17.9 Å². The van der Waals surface area contributed by atoms with Gasteiger partial charge in [-0.1, -0.05) is 11.6 Å². The van der Waals surface area contributed by atoms with Gasteiger partial charge in [0, 0.05) is 17.7 Å². The lowest BCUT2D eigenvalue weighted by Gasteiger charge is -2.13. The molecule has 5 nitrogen and oxygen atoms in total.